The Morgan fingerprint density at radius 1 is 1.32 bits per heavy atom. The molecule has 1 amide bonds. The number of anilines is 1. The number of nitrogens with two attached hydrogens (primary N) is 1. The lowest BCUT2D eigenvalue weighted by molar-refractivity contribution is 0.0996. The Morgan fingerprint density at radius 3 is 2.53 bits per heavy atom. The van der Waals surface area contributed by atoms with E-state index in [-0.39, 0.29) is 17.3 Å². The molecule has 1 aromatic rings. The van der Waals surface area contributed by atoms with E-state index in [1.165, 1.54) is 0 Å². The van der Waals surface area contributed by atoms with Crippen LogP contribution in [0.3, 0.4) is 0 Å². The van der Waals surface area contributed by atoms with Gasteiger partial charge in [0.1, 0.15) is 11.6 Å². The van der Waals surface area contributed by atoms with Crippen LogP contribution in [0.2, 0.25) is 0 Å². The van der Waals surface area contributed by atoms with Crippen molar-refractivity contribution in [1.82, 2.24) is 4.90 Å². The Labute approximate surface area is 110 Å². The molecule has 1 aromatic carbocycles. The van der Waals surface area contributed by atoms with Gasteiger partial charge in [0.25, 0.3) is 5.91 Å². The highest BCUT2D eigenvalue weighted by Crippen LogP contribution is 2.22. The summed E-state index contributed by atoms with van der Waals surface area (Å²) in [5.74, 6) is -2.54. The standard InChI is InChI=1S/C13H17F2N3O/c1-18-4-2-8(3-5-18)17-12-6-9(13(16)19)10(14)7-11(12)15/h6-8,17H,2-5H2,1H3,(H2,16,19). The Hall–Kier alpha value is -1.69. The number of primary amides is 1. The molecular formula is C13H17F2N3O. The number of nitrogens with one attached hydrogen (secondary N) is 1. The zero-order chi connectivity index (χ0) is 14.0. The van der Waals surface area contributed by atoms with Gasteiger partial charge in [-0.3, -0.25) is 4.79 Å². The fourth-order valence-electron chi connectivity index (χ4n) is 2.22. The molecular weight excluding hydrogens is 252 g/mol. The number of rotatable bonds is 3. The van der Waals surface area contributed by atoms with E-state index in [0.29, 0.717) is 6.07 Å². The molecule has 0 saturated carbocycles. The molecule has 0 radical (unpaired) electrons. The number of carbonyl (C=O) groups is 1. The molecule has 0 aromatic heterocycles. The summed E-state index contributed by atoms with van der Waals surface area (Å²) >= 11 is 0. The van der Waals surface area contributed by atoms with E-state index in [0.717, 1.165) is 32.0 Å². The van der Waals surface area contributed by atoms with Crippen molar-refractivity contribution < 1.29 is 13.6 Å². The largest absolute Gasteiger partial charge is 0.380 e. The minimum Gasteiger partial charge on any atom is -0.380 e. The number of hydrogen-bond donors (Lipinski definition) is 2. The fourth-order valence-corrected chi connectivity index (χ4v) is 2.22. The van der Waals surface area contributed by atoms with E-state index in [1.807, 2.05) is 7.05 Å². The van der Waals surface area contributed by atoms with Crippen LogP contribution in [0.5, 0.6) is 0 Å². The van der Waals surface area contributed by atoms with Crippen molar-refractivity contribution in [3.8, 4) is 0 Å². The van der Waals surface area contributed by atoms with E-state index in [1.54, 1.807) is 0 Å². The van der Waals surface area contributed by atoms with Crippen molar-refractivity contribution in [1.29, 1.82) is 0 Å². The Balaban J connectivity index is 2.15. The van der Waals surface area contributed by atoms with Gasteiger partial charge in [0.05, 0.1) is 11.3 Å². The molecule has 6 heteroatoms. The topological polar surface area (TPSA) is 58.4 Å². The van der Waals surface area contributed by atoms with Gasteiger partial charge < -0.3 is 16.0 Å². The first-order chi connectivity index (χ1) is 8.97. The summed E-state index contributed by atoms with van der Waals surface area (Å²) in [7, 11) is 2.03. The number of piperidine rings is 1. The van der Waals surface area contributed by atoms with Gasteiger partial charge in [0.15, 0.2) is 0 Å². The second-order valence-electron chi connectivity index (χ2n) is 4.90. The minimum absolute atomic E-state index is 0.122. The number of amides is 1. The highest BCUT2D eigenvalue weighted by atomic mass is 19.1. The maximum Gasteiger partial charge on any atom is 0.251 e. The summed E-state index contributed by atoms with van der Waals surface area (Å²) in [5.41, 5.74) is 4.88. The van der Waals surface area contributed by atoms with Gasteiger partial charge in [0.2, 0.25) is 0 Å². The van der Waals surface area contributed by atoms with Crippen LogP contribution in [0.15, 0.2) is 12.1 Å². The number of hydrogen-bond acceptors (Lipinski definition) is 3. The van der Waals surface area contributed by atoms with Gasteiger partial charge in [-0.2, -0.15) is 0 Å². The highest BCUT2D eigenvalue weighted by Gasteiger charge is 2.19. The monoisotopic (exact) mass is 269 g/mol. The summed E-state index contributed by atoms with van der Waals surface area (Å²) in [6.45, 7) is 1.84. The molecule has 3 N–H and O–H groups in total. The normalized spacial score (nSPS) is 17.4. The van der Waals surface area contributed by atoms with Crippen molar-refractivity contribution >= 4 is 11.6 Å². The lowest BCUT2D eigenvalue weighted by Crippen LogP contribution is -2.37. The van der Waals surface area contributed by atoms with Crippen molar-refractivity contribution in [2.24, 2.45) is 5.73 Å². The predicted molar refractivity (Wildman–Crippen MR) is 69.0 cm³/mol. The molecule has 1 aliphatic rings. The first kappa shape index (κ1) is 13.7. The number of nitrogens with zero attached hydrogens (tertiary/aromatic N) is 1. The lowest BCUT2D eigenvalue weighted by atomic mass is 10.0. The molecule has 1 fully saturated rings. The molecule has 0 aliphatic carbocycles. The molecule has 0 atom stereocenters. The van der Waals surface area contributed by atoms with Gasteiger partial charge in [-0.25, -0.2) is 8.78 Å². The zero-order valence-electron chi connectivity index (χ0n) is 10.7. The van der Waals surface area contributed by atoms with Crippen LogP contribution in [0.4, 0.5) is 14.5 Å². The minimum atomic E-state index is -0.932. The van der Waals surface area contributed by atoms with Crippen molar-refractivity contribution in [3.63, 3.8) is 0 Å². The van der Waals surface area contributed by atoms with Gasteiger partial charge in [-0.15, -0.1) is 0 Å². The third kappa shape index (κ3) is 3.20. The predicted octanol–water partition coefficient (Wildman–Crippen LogP) is 1.57. The van der Waals surface area contributed by atoms with Crippen molar-refractivity contribution in [3.05, 3.63) is 29.3 Å². The van der Waals surface area contributed by atoms with Crippen LogP contribution >= 0.6 is 0 Å². The average molecular weight is 269 g/mol. The molecule has 1 aliphatic heterocycles. The first-order valence-electron chi connectivity index (χ1n) is 6.21. The highest BCUT2D eigenvalue weighted by molar-refractivity contribution is 5.94. The average Bonchev–Trinajstić information content (AvgIpc) is 2.34. The number of likely N-dealkylation sites (tertiary alicyclic amines) is 1. The van der Waals surface area contributed by atoms with Crippen LogP contribution < -0.4 is 11.1 Å². The van der Waals surface area contributed by atoms with Gasteiger partial charge in [-0.05, 0) is 39.0 Å². The van der Waals surface area contributed by atoms with Crippen LogP contribution in [0.1, 0.15) is 23.2 Å². The van der Waals surface area contributed by atoms with E-state index in [9.17, 15) is 13.6 Å². The number of benzene rings is 1. The van der Waals surface area contributed by atoms with E-state index >= 15 is 0 Å². The second kappa shape index (κ2) is 5.52. The SMILES string of the molecule is CN1CCC(Nc2cc(C(N)=O)c(F)cc2F)CC1. The second-order valence-corrected chi connectivity index (χ2v) is 4.90. The number of carbonyl (C=O) groups excluding carboxylic acids is 1. The smallest absolute Gasteiger partial charge is 0.251 e. The van der Waals surface area contributed by atoms with E-state index in [2.05, 4.69) is 10.2 Å². The Morgan fingerprint density at radius 2 is 1.95 bits per heavy atom. The molecule has 1 saturated heterocycles. The van der Waals surface area contributed by atoms with Gasteiger partial charge >= 0.3 is 0 Å². The molecule has 0 unspecified atom stereocenters. The van der Waals surface area contributed by atoms with Gasteiger partial charge in [0, 0.05) is 12.1 Å². The van der Waals surface area contributed by atoms with Crippen LogP contribution in [-0.4, -0.2) is 37.0 Å². The summed E-state index contributed by atoms with van der Waals surface area (Å²) in [4.78, 5) is 13.2. The Bertz CT molecular complexity index is 485. The molecule has 1 heterocycles. The zero-order valence-corrected chi connectivity index (χ0v) is 10.7. The molecule has 104 valence electrons. The summed E-state index contributed by atoms with van der Waals surface area (Å²) in [5, 5.41) is 3.02. The summed E-state index contributed by atoms with van der Waals surface area (Å²) < 4.78 is 27.0. The first-order valence-corrected chi connectivity index (χ1v) is 6.21. The Kier molecular flexibility index (Phi) is 3.99. The molecule has 0 spiro atoms. The fraction of sp³-hybridized carbons (Fsp3) is 0.462. The van der Waals surface area contributed by atoms with Crippen molar-refractivity contribution in [2.75, 3.05) is 25.5 Å². The molecule has 0 bridgehead atoms. The lowest BCUT2D eigenvalue weighted by Gasteiger charge is -2.30. The van der Waals surface area contributed by atoms with Crippen LogP contribution in [0.25, 0.3) is 0 Å². The summed E-state index contributed by atoms with van der Waals surface area (Å²) in [6.07, 6.45) is 1.75. The van der Waals surface area contributed by atoms with E-state index in [4.69, 9.17) is 5.73 Å². The quantitative estimate of drug-likeness (QED) is 0.875. The van der Waals surface area contributed by atoms with Gasteiger partial charge in [-0.1, -0.05) is 0 Å². The third-order valence-electron chi connectivity index (χ3n) is 3.40. The van der Waals surface area contributed by atoms with Crippen LogP contribution in [-0.2, 0) is 0 Å². The maximum atomic E-state index is 13.7. The molecule has 19 heavy (non-hydrogen) atoms. The molecule has 4 nitrogen and oxygen atoms in total. The third-order valence-corrected chi connectivity index (χ3v) is 3.40. The molecule has 2 rings (SSSR count). The summed E-state index contributed by atoms with van der Waals surface area (Å²) in [6, 6.07) is 1.96. The van der Waals surface area contributed by atoms with E-state index < -0.39 is 17.5 Å². The maximum absolute atomic E-state index is 13.7. The van der Waals surface area contributed by atoms with Crippen molar-refractivity contribution in [2.45, 2.75) is 18.9 Å². The number of halogens is 2. The van der Waals surface area contributed by atoms with Crippen LogP contribution in [0, 0.1) is 11.6 Å².